The Morgan fingerprint density at radius 1 is 1.60 bits per heavy atom. The van der Waals surface area contributed by atoms with Gasteiger partial charge in [-0.1, -0.05) is 6.58 Å². The normalized spacial score (nSPS) is 9.40. The summed E-state index contributed by atoms with van der Waals surface area (Å²) in [4.78, 5) is 7.94. The number of aryl methyl sites for hydroxylation is 1. The molecular formula is C8H10N2. The lowest BCUT2D eigenvalue weighted by molar-refractivity contribution is 1.10. The molecule has 0 amide bonds. The van der Waals surface area contributed by atoms with Crippen LogP contribution in [-0.4, -0.2) is 9.97 Å². The van der Waals surface area contributed by atoms with E-state index in [1.807, 2.05) is 13.8 Å². The van der Waals surface area contributed by atoms with Gasteiger partial charge in [0.2, 0.25) is 0 Å². The highest BCUT2D eigenvalue weighted by Crippen LogP contribution is 2.10. The third kappa shape index (κ3) is 1.21. The smallest absolute Gasteiger partial charge is 0.116 e. The minimum Gasteiger partial charge on any atom is -0.245 e. The maximum atomic E-state index is 4.07. The Kier molecular flexibility index (Phi) is 1.81. The Morgan fingerprint density at radius 3 is 2.70 bits per heavy atom. The maximum absolute atomic E-state index is 4.07. The van der Waals surface area contributed by atoms with E-state index in [0.29, 0.717) is 0 Å². The van der Waals surface area contributed by atoms with Crippen LogP contribution in [-0.2, 0) is 0 Å². The molecule has 0 aliphatic carbocycles. The van der Waals surface area contributed by atoms with E-state index >= 15 is 0 Å². The summed E-state index contributed by atoms with van der Waals surface area (Å²) in [5.74, 6) is 0. The molecule has 1 heterocycles. The largest absolute Gasteiger partial charge is 0.245 e. The topological polar surface area (TPSA) is 25.8 Å². The second-order valence-electron chi connectivity index (χ2n) is 2.33. The van der Waals surface area contributed by atoms with E-state index in [4.69, 9.17) is 0 Å². The average molecular weight is 134 g/mol. The van der Waals surface area contributed by atoms with Crippen LogP contribution < -0.4 is 0 Å². The third-order valence-corrected chi connectivity index (χ3v) is 1.30. The molecule has 0 aromatic carbocycles. The van der Waals surface area contributed by atoms with E-state index < -0.39 is 0 Å². The van der Waals surface area contributed by atoms with Gasteiger partial charge in [-0.2, -0.15) is 0 Å². The maximum Gasteiger partial charge on any atom is 0.116 e. The first kappa shape index (κ1) is 6.93. The molecule has 0 atom stereocenters. The SMILES string of the molecule is C=C(C)c1ncncc1C. The minimum atomic E-state index is 0.954. The second-order valence-corrected chi connectivity index (χ2v) is 2.33. The Balaban J connectivity index is 3.15. The molecule has 2 nitrogen and oxygen atoms in total. The molecule has 1 aromatic rings. The summed E-state index contributed by atoms with van der Waals surface area (Å²) in [5.41, 5.74) is 3.02. The molecule has 0 saturated heterocycles. The van der Waals surface area contributed by atoms with Gasteiger partial charge in [-0.15, -0.1) is 0 Å². The Bertz CT molecular complexity index is 253. The van der Waals surface area contributed by atoms with Crippen molar-refractivity contribution >= 4 is 5.57 Å². The minimum absolute atomic E-state index is 0.954. The Hall–Kier alpha value is -1.18. The average Bonchev–Trinajstić information content (AvgIpc) is 1.88. The van der Waals surface area contributed by atoms with Crippen molar-refractivity contribution in [2.75, 3.05) is 0 Å². The summed E-state index contributed by atoms with van der Waals surface area (Å²) in [7, 11) is 0. The highest BCUT2D eigenvalue weighted by atomic mass is 14.8. The fourth-order valence-electron chi connectivity index (χ4n) is 0.846. The van der Waals surface area contributed by atoms with E-state index in [-0.39, 0.29) is 0 Å². The summed E-state index contributed by atoms with van der Waals surface area (Å²) in [6.07, 6.45) is 3.33. The van der Waals surface area contributed by atoms with E-state index in [0.717, 1.165) is 16.8 Å². The molecule has 0 saturated carbocycles. The number of hydrogen-bond acceptors (Lipinski definition) is 2. The van der Waals surface area contributed by atoms with Crippen LogP contribution in [0.5, 0.6) is 0 Å². The number of hydrogen-bond donors (Lipinski definition) is 0. The van der Waals surface area contributed by atoms with Crippen LogP contribution in [0.25, 0.3) is 5.57 Å². The number of rotatable bonds is 1. The summed E-state index contributed by atoms with van der Waals surface area (Å²) in [6.45, 7) is 7.71. The zero-order valence-electron chi connectivity index (χ0n) is 6.26. The van der Waals surface area contributed by atoms with E-state index in [1.165, 1.54) is 6.33 Å². The van der Waals surface area contributed by atoms with Gasteiger partial charge < -0.3 is 0 Å². The molecule has 0 fully saturated rings. The van der Waals surface area contributed by atoms with Crippen LogP contribution in [0.2, 0.25) is 0 Å². The molecule has 0 radical (unpaired) electrons. The fraction of sp³-hybridized carbons (Fsp3) is 0.250. The summed E-state index contributed by atoms with van der Waals surface area (Å²) >= 11 is 0. The monoisotopic (exact) mass is 134 g/mol. The van der Waals surface area contributed by atoms with Crippen LogP contribution >= 0.6 is 0 Å². The van der Waals surface area contributed by atoms with Crippen molar-refractivity contribution in [3.8, 4) is 0 Å². The molecule has 1 aromatic heterocycles. The lowest BCUT2D eigenvalue weighted by Crippen LogP contribution is -1.90. The van der Waals surface area contributed by atoms with E-state index in [1.54, 1.807) is 6.20 Å². The first-order valence-corrected chi connectivity index (χ1v) is 3.14. The van der Waals surface area contributed by atoms with Gasteiger partial charge in [-0.25, -0.2) is 9.97 Å². The zero-order valence-corrected chi connectivity index (χ0v) is 6.26. The molecule has 0 spiro atoms. The van der Waals surface area contributed by atoms with Crippen LogP contribution in [0.4, 0.5) is 0 Å². The molecule has 0 aliphatic rings. The molecule has 10 heavy (non-hydrogen) atoms. The summed E-state index contributed by atoms with van der Waals surface area (Å²) in [5, 5.41) is 0. The van der Waals surface area contributed by atoms with Gasteiger partial charge in [0, 0.05) is 6.20 Å². The first-order chi connectivity index (χ1) is 4.72. The molecule has 0 bridgehead atoms. The second kappa shape index (κ2) is 2.60. The van der Waals surface area contributed by atoms with Crippen molar-refractivity contribution in [3.05, 3.63) is 30.4 Å². The first-order valence-electron chi connectivity index (χ1n) is 3.14. The lowest BCUT2D eigenvalue weighted by atomic mass is 10.1. The van der Waals surface area contributed by atoms with E-state index in [2.05, 4.69) is 16.5 Å². The molecule has 0 aliphatic heterocycles. The van der Waals surface area contributed by atoms with Crippen molar-refractivity contribution in [2.45, 2.75) is 13.8 Å². The quantitative estimate of drug-likeness (QED) is 0.585. The molecule has 0 N–H and O–H groups in total. The summed E-state index contributed by atoms with van der Waals surface area (Å²) in [6, 6.07) is 0. The van der Waals surface area contributed by atoms with Gasteiger partial charge in [0.05, 0.1) is 5.69 Å². The number of nitrogens with zero attached hydrogens (tertiary/aromatic N) is 2. The summed E-state index contributed by atoms with van der Waals surface area (Å²) < 4.78 is 0. The molecule has 2 heteroatoms. The lowest BCUT2D eigenvalue weighted by Gasteiger charge is -1.99. The van der Waals surface area contributed by atoms with Gasteiger partial charge in [0.25, 0.3) is 0 Å². The van der Waals surface area contributed by atoms with Gasteiger partial charge >= 0.3 is 0 Å². The van der Waals surface area contributed by atoms with Crippen LogP contribution in [0, 0.1) is 6.92 Å². The number of aromatic nitrogens is 2. The fourth-order valence-corrected chi connectivity index (χ4v) is 0.846. The van der Waals surface area contributed by atoms with Gasteiger partial charge in [-0.3, -0.25) is 0 Å². The van der Waals surface area contributed by atoms with Crippen LogP contribution in [0.15, 0.2) is 19.1 Å². The standard InChI is InChI=1S/C8H10N2/c1-6(2)8-7(3)4-9-5-10-8/h4-5H,1H2,2-3H3. The van der Waals surface area contributed by atoms with Crippen LogP contribution in [0.3, 0.4) is 0 Å². The molecule has 0 unspecified atom stereocenters. The Morgan fingerprint density at radius 2 is 2.30 bits per heavy atom. The van der Waals surface area contributed by atoms with Crippen molar-refractivity contribution in [1.29, 1.82) is 0 Å². The van der Waals surface area contributed by atoms with Gasteiger partial charge in [-0.05, 0) is 25.0 Å². The van der Waals surface area contributed by atoms with E-state index in [9.17, 15) is 0 Å². The Labute approximate surface area is 60.6 Å². The van der Waals surface area contributed by atoms with Gasteiger partial charge in [0.1, 0.15) is 6.33 Å². The van der Waals surface area contributed by atoms with Gasteiger partial charge in [0.15, 0.2) is 0 Å². The third-order valence-electron chi connectivity index (χ3n) is 1.30. The highest BCUT2D eigenvalue weighted by molar-refractivity contribution is 5.59. The van der Waals surface area contributed by atoms with Crippen molar-refractivity contribution < 1.29 is 0 Å². The van der Waals surface area contributed by atoms with Crippen LogP contribution in [0.1, 0.15) is 18.2 Å². The molecule has 52 valence electrons. The predicted molar refractivity (Wildman–Crippen MR) is 41.5 cm³/mol. The highest BCUT2D eigenvalue weighted by Gasteiger charge is 1.97. The van der Waals surface area contributed by atoms with Crippen molar-refractivity contribution in [2.24, 2.45) is 0 Å². The zero-order chi connectivity index (χ0) is 7.56. The van der Waals surface area contributed by atoms with Crippen molar-refractivity contribution in [3.63, 3.8) is 0 Å². The number of allylic oxidation sites excluding steroid dienone is 1. The van der Waals surface area contributed by atoms with Crippen molar-refractivity contribution in [1.82, 2.24) is 9.97 Å². The molecule has 1 rings (SSSR count). The predicted octanol–water partition coefficient (Wildman–Crippen LogP) is 1.82. The molecular weight excluding hydrogens is 124 g/mol.